The molecular formula is C25H40N2O2. The lowest BCUT2D eigenvalue weighted by molar-refractivity contribution is 0.148. The Balaban J connectivity index is 1.99. The van der Waals surface area contributed by atoms with E-state index in [2.05, 4.69) is 18.3 Å². The molecular weight excluding hydrogens is 360 g/mol. The molecule has 0 saturated carbocycles. The Morgan fingerprint density at radius 3 is 1.97 bits per heavy atom. The standard InChI is InChI=1S/C25H40N2O2/c1-3-4-5-6-7-8-9-10-11-12-13-14-15-23(20-26)21-29-25(28)27-24-18-16-22(2)17-19-24/h16-19,23H,3-15,21H2,1-2H3,(H,27,28). The minimum absolute atomic E-state index is 0.159. The van der Waals surface area contributed by atoms with Gasteiger partial charge in [0.2, 0.25) is 0 Å². The summed E-state index contributed by atoms with van der Waals surface area (Å²) in [6, 6.07) is 9.80. The second-order valence-electron chi connectivity index (χ2n) is 8.09. The first kappa shape index (κ1) is 25.0. The highest BCUT2D eigenvalue weighted by molar-refractivity contribution is 5.84. The fourth-order valence-corrected chi connectivity index (χ4v) is 3.38. The third-order valence-corrected chi connectivity index (χ3v) is 5.30. The minimum atomic E-state index is -0.496. The van der Waals surface area contributed by atoms with Crippen LogP contribution in [0.3, 0.4) is 0 Å². The van der Waals surface area contributed by atoms with Crippen LogP contribution in [-0.4, -0.2) is 12.7 Å². The first-order chi connectivity index (χ1) is 14.2. The molecule has 1 aromatic carbocycles. The Morgan fingerprint density at radius 2 is 1.45 bits per heavy atom. The molecule has 1 amide bonds. The van der Waals surface area contributed by atoms with Gasteiger partial charge in [0.05, 0.1) is 12.0 Å². The molecule has 1 atom stereocenters. The van der Waals surface area contributed by atoms with Crippen LogP contribution < -0.4 is 5.32 Å². The van der Waals surface area contributed by atoms with Crippen LogP contribution in [0.5, 0.6) is 0 Å². The number of rotatable bonds is 16. The molecule has 0 heterocycles. The summed E-state index contributed by atoms with van der Waals surface area (Å²) in [5.74, 6) is -0.220. The van der Waals surface area contributed by atoms with Crippen molar-refractivity contribution in [3.8, 4) is 6.07 Å². The number of hydrogen-bond acceptors (Lipinski definition) is 3. The maximum atomic E-state index is 11.9. The zero-order chi connectivity index (χ0) is 21.2. The van der Waals surface area contributed by atoms with Gasteiger partial charge in [0.1, 0.15) is 6.61 Å². The van der Waals surface area contributed by atoms with Crippen LogP contribution in [0.2, 0.25) is 0 Å². The number of nitrogens with zero attached hydrogens (tertiary/aromatic N) is 1. The minimum Gasteiger partial charge on any atom is -0.448 e. The van der Waals surface area contributed by atoms with Gasteiger partial charge < -0.3 is 4.74 Å². The van der Waals surface area contributed by atoms with Gasteiger partial charge in [-0.05, 0) is 25.5 Å². The molecule has 0 aliphatic rings. The lowest BCUT2D eigenvalue weighted by atomic mass is 10.0. The van der Waals surface area contributed by atoms with Crippen LogP contribution in [0.15, 0.2) is 24.3 Å². The van der Waals surface area contributed by atoms with Crippen molar-refractivity contribution in [1.29, 1.82) is 5.26 Å². The third kappa shape index (κ3) is 13.7. The molecule has 0 spiro atoms. The van der Waals surface area contributed by atoms with E-state index in [4.69, 9.17) is 4.74 Å². The molecule has 29 heavy (non-hydrogen) atoms. The van der Waals surface area contributed by atoms with Crippen LogP contribution >= 0.6 is 0 Å². The summed E-state index contributed by atoms with van der Waals surface area (Å²) in [4.78, 5) is 11.9. The van der Waals surface area contributed by atoms with Crippen molar-refractivity contribution >= 4 is 11.8 Å². The maximum Gasteiger partial charge on any atom is 0.411 e. The van der Waals surface area contributed by atoms with Gasteiger partial charge in [0, 0.05) is 5.69 Å². The van der Waals surface area contributed by atoms with Crippen molar-refractivity contribution in [3.05, 3.63) is 29.8 Å². The Morgan fingerprint density at radius 1 is 0.931 bits per heavy atom. The molecule has 0 aliphatic heterocycles. The monoisotopic (exact) mass is 400 g/mol. The van der Waals surface area contributed by atoms with E-state index in [0.717, 1.165) is 24.8 Å². The molecule has 4 nitrogen and oxygen atoms in total. The number of aryl methyl sites for hydroxylation is 1. The molecule has 4 heteroatoms. The zero-order valence-electron chi connectivity index (χ0n) is 18.5. The van der Waals surface area contributed by atoms with E-state index in [0.29, 0.717) is 5.69 Å². The lowest BCUT2D eigenvalue weighted by Gasteiger charge is -2.11. The number of carbonyl (C=O) groups excluding carboxylic acids is 1. The van der Waals surface area contributed by atoms with Crippen molar-refractivity contribution in [2.45, 2.75) is 97.3 Å². The number of ether oxygens (including phenoxy) is 1. The smallest absolute Gasteiger partial charge is 0.411 e. The molecule has 1 rings (SSSR count). The number of anilines is 1. The highest BCUT2D eigenvalue weighted by atomic mass is 16.5. The van der Waals surface area contributed by atoms with Crippen molar-refractivity contribution in [2.75, 3.05) is 11.9 Å². The summed E-state index contributed by atoms with van der Waals surface area (Å²) in [6.07, 6.45) is 16.0. The highest BCUT2D eigenvalue weighted by Crippen LogP contribution is 2.15. The largest absolute Gasteiger partial charge is 0.448 e. The number of benzene rings is 1. The molecule has 0 fully saturated rings. The van der Waals surface area contributed by atoms with E-state index < -0.39 is 6.09 Å². The Bertz CT molecular complexity index is 577. The molecule has 1 aromatic rings. The van der Waals surface area contributed by atoms with E-state index in [1.807, 2.05) is 31.2 Å². The van der Waals surface area contributed by atoms with E-state index in [1.54, 1.807) is 0 Å². The van der Waals surface area contributed by atoms with Crippen LogP contribution in [0.1, 0.15) is 96.0 Å². The summed E-state index contributed by atoms with van der Waals surface area (Å²) in [5.41, 5.74) is 1.84. The fourth-order valence-electron chi connectivity index (χ4n) is 3.38. The third-order valence-electron chi connectivity index (χ3n) is 5.30. The van der Waals surface area contributed by atoms with E-state index >= 15 is 0 Å². The topological polar surface area (TPSA) is 62.1 Å². The predicted molar refractivity (Wildman–Crippen MR) is 121 cm³/mol. The quantitative estimate of drug-likeness (QED) is 0.288. The first-order valence-corrected chi connectivity index (χ1v) is 11.6. The van der Waals surface area contributed by atoms with Gasteiger partial charge in [-0.1, -0.05) is 102 Å². The van der Waals surface area contributed by atoms with E-state index in [9.17, 15) is 10.1 Å². The van der Waals surface area contributed by atoms with Crippen molar-refractivity contribution < 1.29 is 9.53 Å². The molecule has 0 saturated heterocycles. The maximum absolute atomic E-state index is 11.9. The SMILES string of the molecule is CCCCCCCCCCCCCCC(C#N)COC(=O)Nc1ccc(C)cc1. The van der Waals surface area contributed by atoms with Crippen LogP contribution in [0.4, 0.5) is 10.5 Å². The van der Waals surface area contributed by atoms with Crippen molar-refractivity contribution in [2.24, 2.45) is 5.92 Å². The summed E-state index contributed by atoms with van der Waals surface area (Å²) in [7, 11) is 0. The Labute approximate surface area is 178 Å². The van der Waals surface area contributed by atoms with Crippen LogP contribution in [-0.2, 0) is 4.74 Å². The van der Waals surface area contributed by atoms with Gasteiger partial charge in [-0.25, -0.2) is 4.79 Å². The van der Waals surface area contributed by atoms with Gasteiger partial charge >= 0.3 is 6.09 Å². The molecule has 0 aliphatic carbocycles. The molecule has 162 valence electrons. The Hall–Kier alpha value is -2.02. The second-order valence-corrected chi connectivity index (χ2v) is 8.09. The van der Waals surface area contributed by atoms with Gasteiger partial charge in [0.25, 0.3) is 0 Å². The van der Waals surface area contributed by atoms with Crippen LogP contribution in [0, 0.1) is 24.2 Å². The van der Waals surface area contributed by atoms with Crippen molar-refractivity contribution in [1.82, 2.24) is 0 Å². The predicted octanol–water partition coefficient (Wildman–Crippen LogP) is 7.77. The summed E-state index contributed by atoms with van der Waals surface area (Å²) >= 11 is 0. The van der Waals surface area contributed by atoms with Gasteiger partial charge in [-0.2, -0.15) is 5.26 Å². The normalized spacial score (nSPS) is 11.6. The Kier molecular flexibility index (Phi) is 14.6. The first-order valence-electron chi connectivity index (χ1n) is 11.6. The van der Waals surface area contributed by atoms with Crippen LogP contribution in [0.25, 0.3) is 0 Å². The number of hydrogen-bond donors (Lipinski definition) is 1. The average molecular weight is 401 g/mol. The highest BCUT2D eigenvalue weighted by Gasteiger charge is 2.11. The van der Waals surface area contributed by atoms with E-state index in [1.165, 1.54) is 64.2 Å². The second kappa shape index (κ2) is 16.9. The van der Waals surface area contributed by atoms with Gasteiger partial charge in [0.15, 0.2) is 0 Å². The van der Waals surface area contributed by atoms with E-state index in [-0.39, 0.29) is 12.5 Å². The molecule has 1 N–H and O–H groups in total. The summed E-state index contributed by atoms with van der Waals surface area (Å²) < 4.78 is 5.21. The molecule has 0 bridgehead atoms. The average Bonchev–Trinajstić information content (AvgIpc) is 2.72. The number of nitrogens with one attached hydrogen (secondary N) is 1. The zero-order valence-corrected chi connectivity index (χ0v) is 18.5. The number of carbonyl (C=O) groups is 1. The fraction of sp³-hybridized carbons (Fsp3) is 0.680. The lowest BCUT2D eigenvalue weighted by Crippen LogP contribution is -2.18. The van der Waals surface area contributed by atoms with Gasteiger partial charge in [-0.3, -0.25) is 5.32 Å². The molecule has 0 aromatic heterocycles. The number of nitriles is 1. The summed E-state index contributed by atoms with van der Waals surface area (Å²) in [6.45, 7) is 4.41. The number of unbranched alkanes of at least 4 members (excludes halogenated alkanes) is 11. The summed E-state index contributed by atoms with van der Waals surface area (Å²) in [5, 5.41) is 12.0. The van der Waals surface area contributed by atoms with Crippen molar-refractivity contribution in [3.63, 3.8) is 0 Å². The molecule has 0 radical (unpaired) electrons. The number of amides is 1. The molecule has 1 unspecified atom stereocenters. The van der Waals surface area contributed by atoms with Gasteiger partial charge in [-0.15, -0.1) is 0 Å².